The summed E-state index contributed by atoms with van der Waals surface area (Å²) in [5, 5.41) is 2.72. The normalized spacial score (nSPS) is 31.2. The third kappa shape index (κ3) is 3.20. The van der Waals surface area contributed by atoms with E-state index in [1.807, 2.05) is 11.3 Å². The minimum atomic E-state index is 0.0784. The van der Waals surface area contributed by atoms with Gasteiger partial charge in [-0.05, 0) is 154 Å². The first kappa shape index (κ1) is 28.8. The van der Waals surface area contributed by atoms with E-state index in [1.165, 1.54) is 98.0 Å². The molecule has 0 amide bonds. The quantitative estimate of drug-likeness (QED) is 0.182. The zero-order chi connectivity index (χ0) is 33.4. The van der Waals surface area contributed by atoms with Crippen molar-refractivity contribution in [1.29, 1.82) is 0 Å². The first-order chi connectivity index (χ1) is 24.2. The van der Waals surface area contributed by atoms with Crippen molar-refractivity contribution >= 4 is 48.6 Å². The summed E-state index contributed by atoms with van der Waals surface area (Å²) in [5.74, 6) is 3.65. The van der Waals surface area contributed by atoms with Crippen molar-refractivity contribution in [2.24, 2.45) is 29.1 Å². The lowest BCUT2D eigenvalue weighted by atomic mass is 9.27. The van der Waals surface area contributed by atoms with Gasteiger partial charge in [-0.15, -0.1) is 11.3 Å². The predicted octanol–water partition coefficient (Wildman–Crippen LogP) is 13.2. The Hall–Kier alpha value is -3.88. The Bertz CT molecular complexity index is 2460. The summed E-state index contributed by atoms with van der Waals surface area (Å²) in [6.07, 6.45) is 8.34. The van der Waals surface area contributed by atoms with Gasteiger partial charge in [-0.2, -0.15) is 0 Å². The summed E-state index contributed by atoms with van der Waals surface area (Å²) in [6.45, 7) is 9.87. The van der Waals surface area contributed by atoms with Gasteiger partial charge in [0.1, 0.15) is 0 Å². The molecule has 6 aromatic rings. The van der Waals surface area contributed by atoms with Crippen LogP contribution in [0.4, 0.5) is 17.1 Å². The molecule has 12 rings (SSSR count). The molecule has 6 unspecified atom stereocenters. The van der Waals surface area contributed by atoms with Crippen molar-refractivity contribution < 1.29 is 0 Å². The molecule has 6 aliphatic rings. The van der Waals surface area contributed by atoms with Crippen LogP contribution in [0, 0.1) is 29.1 Å². The molecule has 6 atom stereocenters. The van der Waals surface area contributed by atoms with Crippen molar-refractivity contribution in [2.45, 2.75) is 82.5 Å². The maximum Gasteiger partial charge on any atom is 0.0502 e. The van der Waals surface area contributed by atoms with E-state index < -0.39 is 0 Å². The molecule has 2 spiro atoms. The molecule has 2 heteroatoms. The van der Waals surface area contributed by atoms with Crippen molar-refractivity contribution in [3.05, 3.63) is 125 Å². The van der Waals surface area contributed by atoms with Crippen molar-refractivity contribution in [3.63, 3.8) is 0 Å². The van der Waals surface area contributed by atoms with E-state index in [4.69, 9.17) is 0 Å². The number of rotatable bonds is 3. The van der Waals surface area contributed by atoms with Crippen molar-refractivity contribution in [1.82, 2.24) is 0 Å². The number of nitrogens with zero attached hydrogens (tertiary/aromatic N) is 1. The summed E-state index contributed by atoms with van der Waals surface area (Å²) in [6, 6.07) is 40.7. The average Bonchev–Trinajstić information content (AvgIpc) is 3.84. The lowest BCUT2D eigenvalue weighted by Crippen LogP contribution is -2.73. The maximum absolute atomic E-state index is 2.64. The molecule has 2 bridgehead atoms. The van der Waals surface area contributed by atoms with Crippen LogP contribution in [0.2, 0.25) is 0 Å². The van der Waals surface area contributed by atoms with Crippen LogP contribution >= 0.6 is 11.3 Å². The van der Waals surface area contributed by atoms with Crippen LogP contribution in [-0.2, 0) is 16.2 Å². The number of hydrogen-bond acceptors (Lipinski definition) is 2. The number of anilines is 3. The van der Waals surface area contributed by atoms with Gasteiger partial charge >= 0.3 is 0 Å². The summed E-state index contributed by atoms with van der Waals surface area (Å²) in [4.78, 5) is 2.64. The van der Waals surface area contributed by atoms with Crippen LogP contribution in [-0.4, -0.2) is 0 Å². The molecule has 0 aliphatic heterocycles. The third-order valence-corrected chi connectivity index (χ3v) is 16.7. The zero-order valence-corrected chi connectivity index (χ0v) is 30.5. The molecule has 1 nitrogen and oxygen atoms in total. The highest BCUT2D eigenvalue weighted by Crippen LogP contribution is 2.89. The van der Waals surface area contributed by atoms with Crippen LogP contribution in [0.3, 0.4) is 0 Å². The van der Waals surface area contributed by atoms with E-state index >= 15 is 0 Å². The molecule has 1 aromatic heterocycles. The molecule has 1 heterocycles. The number of benzene rings is 5. The molecule has 6 aliphatic carbocycles. The lowest BCUT2D eigenvalue weighted by molar-refractivity contribution is -0.231. The Balaban J connectivity index is 1.10. The van der Waals surface area contributed by atoms with E-state index in [-0.39, 0.29) is 16.2 Å². The fourth-order valence-corrected chi connectivity index (χ4v) is 14.7. The molecular formula is C48H45NS. The fourth-order valence-electron chi connectivity index (χ4n) is 13.6. The summed E-state index contributed by atoms with van der Waals surface area (Å²) in [7, 11) is 0. The molecule has 4 saturated carbocycles. The number of hydrogen-bond donors (Lipinski definition) is 0. The van der Waals surface area contributed by atoms with Gasteiger partial charge in [0.15, 0.2) is 0 Å². The summed E-state index contributed by atoms with van der Waals surface area (Å²) >= 11 is 1.91. The van der Waals surface area contributed by atoms with Crippen LogP contribution in [0.15, 0.2) is 103 Å². The topological polar surface area (TPSA) is 3.24 Å². The van der Waals surface area contributed by atoms with Gasteiger partial charge < -0.3 is 4.90 Å². The second-order valence-corrected chi connectivity index (χ2v) is 19.5. The fraction of sp³-hybridized carbons (Fsp3) is 0.375. The van der Waals surface area contributed by atoms with Gasteiger partial charge in [0, 0.05) is 37.0 Å². The Morgan fingerprint density at radius 1 is 0.600 bits per heavy atom. The Kier molecular flexibility index (Phi) is 5.25. The van der Waals surface area contributed by atoms with Gasteiger partial charge in [-0.25, -0.2) is 0 Å². The van der Waals surface area contributed by atoms with Gasteiger partial charge in [0.2, 0.25) is 0 Å². The molecular weight excluding hydrogens is 623 g/mol. The predicted molar refractivity (Wildman–Crippen MR) is 210 cm³/mol. The summed E-state index contributed by atoms with van der Waals surface area (Å²) < 4.78 is 2.72. The number of thiophene rings is 1. The van der Waals surface area contributed by atoms with Gasteiger partial charge in [-0.1, -0.05) is 88.4 Å². The Labute approximate surface area is 300 Å². The first-order valence-electron chi connectivity index (χ1n) is 19.3. The van der Waals surface area contributed by atoms with Gasteiger partial charge in [0.05, 0.1) is 5.69 Å². The molecule has 0 radical (unpaired) electrons. The highest BCUT2D eigenvalue weighted by Gasteiger charge is 2.84. The van der Waals surface area contributed by atoms with E-state index in [2.05, 4.69) is 136 Å². The van der Waals surface area contributed by atoms with Crippen LogP contribution in [0.1, 0.15) is 88.5 Å². The third-order valence-electron chi connectivity index (χ3n) is 15.6. The van der Waals surface area contributed by atoms with Crippen LogP contribution in [0.25, 0.3) is 31.3 Å². The minimum Gasteiger partial charge on any atom is -0.310 e. The van der Waals surface area contributed by atoms with E-state index in [9.17, 15) is 0 Å². The monoisotopic (exact) mass is 667 g/mol. The summed E-state index contributed by atoms with van der Waals surface area (Å²) in [5.41, 5.74) is 14.3. The molecule has 0 saturated heterocycles. The maximum atomic E-state index is 2.64. The standard InChI is InChI=1S/C48H45NS/c1-45(2)20-21-46(3,4)44-38(45)13-9-14-39(44)49(31-17-19-41-35(26-31)33-11-6-8-15-40(33)50-41)30-16-18-37-34(25-30)32-10-5-7-12-36(32)48(37)42-23-28-22-29-24-43(48)47(29,42)27-28/h5-19,25-26,28-29,42-43H,20-24,27H2,1-4H3. The number of fused-ring (bicyclic) bond motifs is 12. The van der Waals surface area contributed by atoms with Crippen molar-refractivity contribution in [3.8, 4) is 11.1 Å². The molecule has 5 aromatic carbocycles. The van der Waals surface area contributed by atoms with Gasteiger partial charge in [-0.3, -0.25) is 0 Å². The molecule has 50 heavy (non-hydrogen) atoms. The van der Waals surface area contributed by atoms with E-state index in [1.54, 1.807) is 11.1 Å². The smallest absolute Gasteiger partial charge is 0.0502 e. The lowest BCUT2D eigenvalue weighted by Gasteiger charge is -2.76. The van der Waals surface area contributed by atoms with Crippen molar-refractivity contribution in [2.75, 3.05) is 4.90 Å². The zero-order valence-electron chi connectivity index (χ0n) is 29.7. The molecule has 4 fully saturated rings. The molecule has 0 N–H and O–H groups in total. The largest absolute Gasteiger partial charge is 0.310 e. The SMILES string of the molecule is CC1(C)CCC(C)(C)c2c(N(c3ccc4c(c3)-c3ccccc3C43C4CC5CC6CC3C64C5)c3ccc4sc5ccccc5c4c3)cccc21. The van der Waals surface area contributed by atoms with E-state index in [0.29, 0.717) is 5.41 Å². The first-order valence-corrected chi connectivity index (χ1v) is 20.1. The van der Waals surface area contributed by atoms with Gasteiger partial charge in [0.25, 0.3) is 0 Å². The highest BCUT2D eigenvalue weighted by molar-refractivity contribution is 7.25. The average molecular weight is 668 g/mol. The Morgan fingerprint density at radius 2 is 1.32 bits per heavy atom. The van der Waals surface area contributed by atoms with E-state index in [0.717, 1.165) is 23.7 Å². The second-order valence-electron chi connectivity index (χ2n) is 18.4. The highest BCUT2D eigenvalue weighted by atomic mass is 32.1. The Morgan fingerprint density at radius 3 is 2.22 bits per heavy atom. The minimum absolute atomic E-state index is 0.0784. The van der Waals surface area contributed by atoms with Crippen LogP contribution in [0.5, 0.6) is 0 Å². The van der Waals surface area contributed by atoms with Crippen LogP contribution < -0.4 is 4.90 Å². The second kappa shape index (κ2) is 9.12. The molecule has 248 valence electrons.